The molecular formula is C8H16F2N2O2S. The lowest BCUT2D eigenvalue weighted by molar-refractivity contribution is 0.230. The molecule has 1 rings (SSSR count). The fourth-order valence-corrected chi connectivity index (χ4v) is 2.19. The highest BCUT2D eigenvalue weighted by atomic mass is 32.2. The van der Waals surface area contributed by atoms with Crippen molar-refractivity contribution >= 4 is 10.0 Å². The standard InChI is InChI=1S/C8H16F2N2O2S/c1-6-3-2-4-11-7(6)5-12-15(13,14)8(9)10/h6-8,11-12H,2-5H2,1H3. The predicted molar refractivity (Wildman–Crippen MR) is 53.1 cm³/mol. The van der Waals surface area contributed by atoms with Gasteiger partial charge in [-0.3, -0.25) is 0 Å². The minimum atomic E-state index is -4.44. The summed E-state index contributed by atoms with van der Waals surface area (Å²) in [5.74, 6) is -3.05. The number of sulfonamides is 1. The number of nitrogens with one attached hydrogen (secondary N) is 2. The van der Waals surface area contributed by atoms with Crippen LogP contribution < -0.4 is 10.0 Å². The van der Waals surface area contributed by atoms with Gasteiger partial charge in [0, 0.05) is 12.6 Å². The molecule has 0 spiro atoms. The van der Waals surface area contributed by atoms with Gasteiger partial charge < -0.3 is 5.32 Å². The maximum absolute atomic E-state index is 12.0. The van der Waals surface area contributed by atoms with Gasteiger partial charge in [0.25, 0.3) is 10.0 Å². The van der Waals surface area contributed by atoms with E-state index in [2.05, 4.69) is 5.32 Å². The molecule has 0 aromatic heterocycles. The van der Waals surface area contributed by atoms with Crippen LogP contribution in [0.25, 0.3) is 0 Å². The Morgan fingerprint density at radius 3 is 2.73 bits per heavy atom. The van der Waals surface area contributed by atoms with Gasteiger partial charge in [0.1, 0.15) is 0 Å². The highest BCUT2D eigenvalue weighted by molar-refractivity contribution is 7.89. The third-order valence-corrected chi connectivity index (χ3v) is 3.71. The SMILES string of the molecule is CC1CCCNC1CNS(=O)(=O)C(F)F. The van der Waals surface area contributed by atoms with E-state index in [4.69, 9.17) is 0 Å². The van der Waals surface area contributed by atoms with Gasteiger partial charge in [0.05, 0.1) is 0 Å². The molecule has 2 N–H and O–H groups in total. The molecule has 0 saturated carbocycles. The van der Waals surface area contributed by atoms with E-state index in [1.165, 1.54) is 0 Å². The van der Waals surface area contributed by atoms with Crippen LogP contribution in [0.2, 0.25) is 0 Å². The van der Waals surface area contributed by atoms with Crippen LogP contribution >= 0.6 is 0 Å². The molecule has 2 atom stereocenters. The van der Waals surface area contributed by atoms with Crippen LogP contribution in [-0.4, -0.2) is 33.3 Å². The Morgan fingerprint density at radius 2 is 2.20 bits per heavy atom. The fourth-order valence-electron chi connectivity index (χ4n) is 1.66. The molecule has 0 aliphatic carbocycles. The second-order valence-electron chi connectivity index (χ2n) is 3.83. The number of alkyl halides is 2. The van der Waals surface area contributed by atoms with Crippen LogP contribution in [0.4, 0.5) is 8.78 Å². The molecule has 15 heavy (non-hydrogen) atoms. The van der Waals surface area contributed by atoms with Crippen molar-refractivity contribution < 1.29 is 17.2 Å². The summed E-state index contributed by atoms with van der Waals surface area (Å²) >= 11 is 0. The highest BCUT2D eigenvalue weighted by Crippen LogP contribution is 2.15. The number of piperidine rings is 1. The van der Waals surface area contributed by atoms with E-state index in [9.17, 15) is 17.2 Å². The van der Waals surface area contributed by atoms with E-state index in [0.717, 1.165) is 19.4 Å². The van der Waals surface area contributed by atoms with Crippen LogP contribution in [0.15, 0.2) is 0 Å². The zero-order valence-corrected chi connectivity index (χ0v) is 9.36. The lowest BCUT2D eigenvalue weighted by Gasteiger charge is -2.30. The number of halogens is 2. The molecule has 1 heterocycles. The molecule has 2 unspecified atom stereocenters. The van der Waals surface area contributed by atoms with Crippen molar-refractivity contribution in [3.63, 3.8) is 0 Å². The van der Waals surface area contributed by atoms with Gasteiger partial charge >= 0.3 is 5.76 Å². The molecule has 4 nitrogen and oxygen atoms in total. The van der Waals surface area contributed by atoms with Crippen molar-refractivity contribution in [2.45, 2.75) is 31.6 Å². The molecule has 7 heteroatoms. The summed E-state index contributed by atoms with van der Waals surface area (Å²) in [5, 5.41) is 3.11. The largest absolute Gasteiger partial charge is 0.350 e. The number of rotatable bonds is 4. The summed E-state index contributed by atoms with van der Waals surface area (Å²) in [6, 6.07) is -0.0488. The molecule has 90 valence electrons. The quantitative estimate of drug-likeness (QED) is 0.755. The van der Waals surface area contributed by atoms with Gasteiger partial charge in [0.2, 0.25) is 0 Å². The average molecular weight is 242 g/mol. The third-order valence-electron chi connectivity index (χ3n) is 2.67. The van der Waals surface area contributed by atoms with Crippen LogP contribution in [-0.2, 0) is 10.0 Å². The van der Waals surface area contributed by atoms with E-state index in [1.807, 2.05) is 11.6 Å². The summed E-state index contributed by atoms with van der Waals surface area (Å²) in [6.45, 7) is 2.83. The van der Waals surface area contributed by atoms with Crippen LogP contribution in [0.1, 0.15) is 19.8 Å². The first-order valence-electron chi connectivity index (χ1n) is 4.93. The van der Waals surface area contributed by atoms with Gasteiger partial charge in [-0.2, -0.15) is 8.78 Å². The molecule has 0 bridgehead atoms. The molecule has 0 aromatic rings. The number of hydrogen-bond acceptors (Lipinski definition) is 3. The smallest absolute Gasteiger partial charge is 0.312 e. The van der Waals surface area contributed by atoms with Gasteiger partial charge in [0.15, 0.2) is 0 Å². The topological polar surface area (TPSA) is 58.2 Å². The molecular weight excluding hydrogens is 226 g/mol. The second-order valence-corrected chi connectivity index (χ2v) is 5.57. The Hall–Kier alpha value is -0.270. The predicted octanol–water partition coefficient (Wildman–Crippen LogP) is 0.517. The number of hydrogen-bond donors (Lipinski definition) is 2. The van der Waals surface area contributed by atoms with Crippen LogP contribution in [0.3, 0.4) is 0 Å². The average Bonchev–Trinajstić information content (AvgIpc) is 2.16. The lowest BCUT2D eigenvalue weighted by Crippen LogP contribution is -2.48. The highest BCUT2D eigenvalue weighted by Gasteiger charge is 2.27. The van der Waals surface area contributed by atoms with Crippen molar-refractivity contribution in [2.75, 3.05) is 13.1 Å². The molecule has 1 fully saturated rings. The van der Waals surface area contributed by atoms with Gasteiger partial charge in [-0.25, -0.2) is 13.1 Å². The van der Waals surface area contributed by atoms with E-state index in [0.29, 0.717) is 5.92 Å². The molecule has 1 aliphatic rings. The Kier molecular flexibility index (Phi) is 4.42. The summed E-state index contributed by atoms with van der Waals surface area (Å²) in [4.78, 5) is 0. The lowest BCUT2D eigenvalue weighted by atomic mass is 9.93. The second kappa shape index (κ2) is 5.18. The first kappa shape index (κ1) is 12.8. The summed E-state index contributed by atoms with van der Waals surface area (Å²) in [6.07, 6.45) is 2.04. The van der Waals surface area contributed by atoms with Crippen LogP contribution in [0, 0.1) is 5.92 Å². The maximum Gasteiger partial charge on any atom is 0.350 e. The normalized spacial score (nSPS) is 28.3. The maximum atomic E-state index is 12.0. The molecule has 0 aromatic carbocycles. The summed E-state index contributed by atoms with van der Waals surface area (Å²) in [5.41, 5.74) is 0. The Bertz CT molecular complexity index is 295. The van der Waals surface area contributed by atoms with Gasteiger partial charge in [-0.05, 0) is 25.3 Å². The fraction of sp³-hybridized carbons (Fsp3) is 1.00. The Balaban J connectivity index is 2.42. The zero-order valence-electron chi connectivity index (χ0n) is 8.54. The molecule has 1 saturated heterocycles. The van der Waals surface area contributed by atoms with Crippen molar-refractivity contribution in [3.8, 4) is 0 Å². The van der Waals surface area contributed by atoms with E-state index in [1.54, 1.807) is 0 Å². The first-order valence-corrected chi connectivity index (χ1v) is 6.48. The summed E-state index contributed by atoms with van der Waals surface area (Å²) in [7, 11) is -4.44. The zero-order chi connectivity index (χ0) is 11.5. The third kappa shape index (κ3) is 3.66. The Morgan fingerprint density at radius 1 is 1.53 bits per heavy atom. The first-order chi connectivity index (χ1) is 6.93. The van der Waals surface area contributed by atoms with Gasteiger partial charge in [-0.1, -0.05) is 6.92 Å². The van der Waals surface area contributed by atoms with Crippen molar-refractivity contribution in [2.24, 2.45) is 5.92 Å². The Labute approximate surface area is 88.5 Å². The summed E-state index contributed by atoms with van der Waals surface area (Å²) < 4.78 is 47.5. The molecule has 0 radical (unpaired) electrons. The monoisotopic (exact) mass is 242 g/mol. The molecule has 0 amide bonds. The minimum Gasteiger partial charge on any atom is -0.312 e. The van der Waals surface area contributed by atoms with E-state index >= 15 is 0 Å². The van der Waals surface area contributed by atoms with Crippen molar-refractivity contribution in [3.05, 3.63) is 0 Å². The van der Waals surface area contributed by atoms with E-state index < -0.39 is 15.8 Å². The van der Waals surface area contributed by atoms with Crippen molar-refractivity contribution in [1.29, 1.82) is 0 Å². The van der Waals surface area contributed by atoms with Gasteiger partial charge in [-0.15, -0.1) is 0 Å². The van der Waals surface area contributed by atoms with Crippen molar-refractivity contribution in [1.82, 2.24) is 10.0 Å². The minimum absolute atomic E-state index is 0.0356. The van der Waals surface area contributed by atoms with E-state index in [-0.39, 0.29) is 12.6 Å². The molecule has 1 aliphatic heterocycles. The van der Waals surface area contributed by atoms with Crippen LogP contribution in [0.5, 0.6) is 0 Å².